The van der Waals surface area contributed by atoms with Crippen molar-refractivity contribution in [2.75, 3.05) is 0 Å². The molecule has 1 aliphatic heterocycles. The molecule has 78 valence electrons. The SMILES string of the molecule is Cn1c(-n2ncnn2)nc2c1CN(O)C2. The van der Waals surface area contributed by atoms with Crippen molar-refractivity contribution >= 4 is 0 Å². The van der Waals surface area contributed by atoms with Crippen LogP contribution < -0.4 is 0 Å². The molecule has 0 atom stereocenters. The number of fused-ring (bicyclic) bond motifs is 1. The minimum Gasteiger partial charge on any atom is -0.313 e. The van der Waals surface area contributed by atoms with Crippen molar-refractivity contribution in [1.82, 2.24) is 34.8 Å². The Kier molecular flexibility index (Phi) is 1.61. The summed E-state index contributed by atoms with van der Waals surface area (Å²) in [4.78, 5) is 5.70. The van der Waals surface area contributed by atoms with Crippen LogP contribution in [0.25, 0.3) is 5.95 Å². The molecule has 1 N–H and O–H groups in total. The number of aromatic nitrogens is 6. The van der Waals surface area contributed by atoms with Gasteiger partial charge in [0.1, 0.15) is 0 Å². The second kappa shape index (κ2) is 2.84. The van der Waals surface area contributed by atoms with Crippen molar-refractivity contribution in [1.29, 1.82) is 0 Å². The summed E-state index contributed by atoms with van der Waals surface area (Å²) in [5, 5.41) is 21.8. The molecule has 3 rings (SSSR count). The number of hydrogen-bond donors (Lipinski definition) is 1. The van der Waals surface area contributed by atoms with Gasteiger partial charge in [-0.3, -0.25) is 0 Å². The predicted octanol–water partition coefficient (Wildman–Crippen LogP) is -0.899. The van der Waals surface area contributed by atoms with Crippen LogP contribution in [0, 0.1) is 0 Å². The zero-order valence-electron chi connectivity index (χ0n) is 8.07. The highest BCUT2D eigenvalue weighted by Crippen LogP contribution is 2.21. The van der Waals surface area contributed by atoms with Crippen LogP contribution in [0.2, 0.25) is 0 Å². The topological polar surface area (TPSA) is 84.9 Å². The molecule has 0 aliphatic carbocycles. The lowest BCUT2D eigenvalue weighted by Gasteiger charge is -2.06. The van der Waals surface area contributed by atoms with Crippen LogP contribution in [0.3, 0.4) is 0 Å². The summed E-state index contributed by atoms with van der Waals surface area (Å²) < 4.78 is 1.85. The molecular formula is C7H9N7O. The molecule has 0 amide bonds. The van der Waals surface area contributed by atoms with E-state index in [0.717, 1.165) is 11.4 Å². The number of rotatable bonds is 1. The van der Waals surface area contributed by atoms with E-state index in [1.807, 2.05) is 11.6 Å². The summed E-state index contributed by atoms with van der Waals surface area (Å²) in [7, 11) is 1.86. The van der Waals surface area contributed by atoms with Crippen molar-refractivity contribution in [2.24, 2.45) is 7.05 Å². The fraction of sp³-hybridized carbons (Fsp3) is 0.429. The Balaban J connectivity index is 2.10. The van der Waals surface area contributed by atoms with Crippen LogP contribution in [-0.2, 0) is 20.1 Å². The van der Waals surface area contributed by atoms with Gasteiger partial charge < -0.3 is 9.77 Å². The molecule has 0 bridgehead atoms. The first-order valence-corrected chi connectivity index (χ1v) is 4.47. The summed E-state index contributed by atoms with van der Waals surface area (Å²) in [6.07, 6.45) is 1.36. The van der Waals surface area contributed by atoms with Gasteiger partial charge in [0.25, 0.3) is 5.95 Å². The summed E-state index contributed by atoms with van der Waals surface area (Å²) in [6, 6.07) is 0. The number of imidazole rings is 1. The molecule has 2 aromatic rings. The molecule has 0 fully saturated rings. The number of hydrogen-bond acceptors (Lipinski definition) is 6. The first kappa shape index (κ1) is 8.50. The van der Waals surface area contributed by atoms with E-state index >= 15 is 0 Å². The third-order valence-electron chi connectivity index (χ3n) is 2.47. The summed E-state index contributed by atoms with van der Waals surface area (Å²) in [5.41, 5.74) is 1.83. The highest BCUT2D eigenvalue weighted by Gasteiger charge is 2.25. The Labute approximate surface area is 84.7 Å². The Morgan fingerprint density at radius 1 is 1.40 bits per heavy atom. The molecule has 1 aliphatic rings. The molecule has 0 saturated heterocycles. The van der Waals surface area contributed by atoms with Crippen LogP contribution in [0.15, 0.2) is 6.33 Å². The van der Waals surface area contributed by atoms with Crippen molar-refractivity contribution in [2.45, 2.75) is 13.1 Å². The van der Waals surface area contributed by atoms with Gasteiger partial charge in [-0.1, -0.05) is 4.80 Å². The molecule has 8 heteroatoms. The van der Waals surface area contributed by atoms with E-state index in [2.05, 4.69) is 20.4 Å². The van der Waals surface area contributed by atoms with Crippen molar-refractivity contribution in [3.05, 3.63) is 17.7 Å². The monoisotopic (exact) mass is 207 g/mol. The van der Waals surface area contributed by atoms with E-state index in [0.29, 0.717) is 19.0 Å². The minimum absolute atomic E-state index is 0.442. The van der Waals surface area contributed by atoms with E-state index in [-0.39, 0.29) is 0 Å². The molecule has 2 aromatic heterocycles. The largest absolute Gasteiger partial charge is 0.313 e. The maximum Gasteiger partial charge on any atom is 0.251 e. The first-order valence-electron chi connectivity index (χ1n) is 4.47. The van der Waals surface area contributed by atoms with Crippen molar-refractivity contribution < 1.29 is 5.21 Å². The van der Waals surface area contributed by atoms with Gasteiger partial charge in [-0.15, -0.1) is 10.2 Å². The molecule has 0 aromatic carbocycles. The molecule has 0 spiro atoms. The molecule has 8 nitrogen and oxygen atoms in total. The predicted molar refractivity (Wildman–Crippen MR) is 47.0 cm³/mol. The third-order valence-corrected chi connectivity index (χ3v) is 2.47. The molecule has 0 radical (unpaired) electrons. The highest BCUT2D eigenvalue weighted by molar-refractivity contribution is 5.26. The summed E-state index contributed by atoms with van der Waals surface area (Å²) in [5.74, 6) is 0.616. The van der Waals surface area contributed by atoms with Crippen LogP contribution in [0.5, 0.6) is 0 Å². The highest BCUT2D eigenvalue weighted by atomic mass is 16.5. The molecule has 0 unspecified atom stereocenters. The molecule has 0 saturated carbocycles. The Morgan fingerprint density at radius 2 is 2.27 bits per heavy atom. The van der Waals surface area contributed by atoms with E-state index in [9.17, 15) is 5.21 Å². The zero-order valence-corrected chi connectivity index (χ0v) is 8.07. The normalized spacial score (nSPS) is 15.9. The average Bonchev–Trinajstić information content (AvgIpc) is 2.84. The Hall–Kier alpha value is -1.80. The second-order valence-electron chi connectivity index (χ2n) is 3.41. The minimum atomic E-state index is 0.442. The van der Waals surface area contributed by atoms with Gasteiger partial charge in [-0.05, 0) is 5.21 Å². The number of tetrazole rings is 1. The summed E-state index contributed by atoms with van der Waals surface area (Å²) >= 11 is 0. The van der Waals surface area contributed by atoms with Crippen molar-refractivity contribution in [3.8, 4) is 5.95 Å². The fourth-order valence-corrected chi connectivity index (χ4v) is 1.74. The third kappa shape index (κ3) is 1.15. The van der Waals surface area contributed by atoms with Gasteiger partial charge >= 0.3 is 0 Å². The Morgan fingerprint density at radius 3 is 2.93 bits per heavy atom. The second-order valence-corrected chi connectivity index (χ2v) is 3.41. The fourth-order valence-electron chi connectivity index (χ4n) is 1.74. The molecule has 3 heterocycles. The van der Waals surface area contributed by atoms with Gasteiger partial charge in [-0.2, -0.15) is 5.06 Å². The van der Waals surface area contributed by atoms with Crippen LogP contribution in [0.4, 0.5) is 0 Å². The van der Waals surface area contributed by atoms with Crippen LogP contribution in [-0.4, -0.2) is 40.0 Å². The first-order chi connectivity index (χ1) is 7.25. The van der Waals surface area contributed by atoms with Gasteiger partial charge in [-0.25, -0.2) is 4.98 Å². The lowest BCUT2D eigenvalue weighted by molar-refractivity contribution is -0.0985. The van der Waals surface area contributed by atoms with Crippen LogP contribution in [0.1, 0.15) is 11.4 Å². The lowest BCUT2D eigenvalue weighted by Crippen LogP contribution is -2.14. The molecule has 15 heavy (non-hydrogen) atoms. The van der Waals surface area contributed by atoms with Crippen molar-refractivity contribution in [3.63, 3.8) is 0 Å². The standard InChI is InChI=1S/C7H9N7O/c1-12-6-3-13(15)2-5(6)10-7(12)14-9-4-8-11-14/h4,15H,2-3H2,1H3. The van der Waals surface area contributed by atoms with E-state index in [1.54, 1.807) is 0 Å². The number of hydroxylamine groups is 2. The van der Waals surface area contributed by atoms with E-state index in [4.69, 9.17) is 0 Å². The van der Waals surface area contributed by atoms with Gasteiger partial charge in [0.05, 0.1) is 24.5 Å². The average molecular weight is 207 g/mol. The smallest absolute Gasteiger partial charge is 0.251 e. The van der Waals surface area contributed by atoms with E-state index in [1.165, 1.54) is 16.2 Å². The number of nitrogens with zero attached hydrogens (tertiary/aromatic N) is 7. The Bertz CT molecular complexity index is 488. The maximum absolute atomic E-state index is 9.31. The maximum atomic E-state index is 9.31. The van der Waals surface area contributed by atoms with Gasteiger partial charge in [0.2, 0.25) is 0 Å². The lowest BCUT2D eigenvalue weighted by atomic mass is 10.4. The van der Waals surface area contributed by atoms with Gasteiger partial charge in [0.15, 0.2) is 6.33 Å². The van der Waals surface area contributed by atoms with Crippen LogP contribution >= 0.6 is 0 Å². The van der Waals surface area contributed by atoms with Gasteiger partial charge in [0, 0.05) is 7.05 Å². The summed E-state index contributed by atoms with van der Waals surface area (Å²) in [6.45, 7) is 0.922. The van der Waals surface area contributed by atoms with E-state index < -0.39 is 0 Å². The quantitative estimate of drug-likeness (QED) is 0.652. The molecular weight excluding hydrogens is 198 g/mol. The zero-order chi connectivity index (χ0) is 10.4.